The van der Waals surface area contributed by atoms with Crippen LogP contribution in [0.1, 0.15) is 51.9 Å². The summed E-state index contributed by atoms with van der Waals surface area (Å²) in [7, 11) is 1.34. The quantitative estimate of drug-likeness (QED) is 0.214. The standard InChI is InChI=1S/C21H32O5/c1-3-4-9-15-19(23)20(24)16-11-8-6-5-7-10-13-18(22)14-12-17-21(25)26-2/h6,8,10-11,13,16,18-20,22-24H,3-4,9,12,14-15,17H2,1-2H3/b8-6+,13-10+,16-11+/t18-,19+,20-/m1/s1. The van der Waals surface area contributed by atoms with Gasteiger partial charge in [0.05, 0.1) is 25.4 Å². The number of hydrogen-bond acceptors (Lipinski definition) is 5. The Morgan fingerprint density at radius 1 is 1.00 bits per heavy atom. The van der Waals surface area contributed by atoms with Crippen molar-refractivity contribution >= 4 is 5.97 Å². The van der Waals surface area contributed by atoms with E-state index in [-0.39, 0.29) is 5.97 Å². The van der Waals surface area contributed by atoms with Crippen LogP contribution in [0.2, 0.25) is 0 Å². The minimum absolute atomic E-state index is 0.280. The lowest BCUT2D eigenvalue weighted by atomic mass is 10.1. The van der Waals surface area contributed by atoms with Crippen molar-refractivity contribution in [2.45, 2.75) is 70.2 Å². The highest BCUT2D eigenvalue weighted by atomic mass is 16.5. The summed E-state index contributed by atoms with van der Waals surface area (Å²) in [6.45, 7) is 2.09. The van der Waals surface area contributed by atoms with Crippen molar-refractivity contribution in [3.8, 4) is 11.8 Å². The lowest BCUT2D eigenvalue weighted by molar-refractivity contribution is -0.140. The van der Waals surface area contributed by atoms with Gasteiger partial charge < -0.3 is 20.1 Å². The highest BCUT2D eigenvalue weighted by molar-refractivity contribution is 5.68. The van der Waals surface area contributed by atoms with Crippen LogP contribution < -0.4 is 0 Å². The molecule has 0 fully saturated rings. The molecule has 0 rings (SSSR count). The Kier molecular flexibility index (Phi) is 15.4. The van der Waals surface area contributed by atoms with Crippen LogP contribution in [0.25, 0.3) is 0 Å². The SMILES string of the molecule is CCCCC[C@H](O)[C@H](O)/C=C/C=C/C#C/C=C/[C@@H](O)CCCC(=O)OC. The predicted octanol–water partition coefficient (Wildman–Crippen LogP) is 2.66. The summed E-state index contributed by atoms with van der Waals surface area (Å²) in [5, 5.41) is 29.2. The maximum Gasteiger partial charge on any atom is 0.305 e. The molecule has 0 saturated carbocycles. The van der Waals surface area contributed by atoms with E-state index in [0.29, 0.717) is 25.7 Å². The molecule has 0 aromatic carbocycles. The molecule has 0 spiro atoms. The van der Waals surface area contributed by atoms with Crippen molar-refractivity contribution in [3.63, 3.8) is 0 Å². The molecular weight excluding hydrogens is 332 g/mol. The van der Waals surface area contributed by atoms with Crippen molar-refractivity contribution in [2.24, 2.45) is 0 Å². The molecule has 0 aliphatic heterocycles. The van der Waals surface area contributed by atoms with Crippen molar-refractivity contribution in [2.75, 3.05) is 7.11 Å². The zero-order chi connectivity index (χ0) is 19.6. The Labute approximate surface area is 157 Å². The van der Waals surface area contributed by atoms with Crippen molar-refractivity contribution in [1.82, 2.24) is 0 Å². The maximum absolute atomic E-state index is 10.9. The van der Waals surface area contributed by atoms with Gasteiger partial charge >= 0.3 is 5.97 Å². The molecule has 0 aromatic heterocycles. The Balaban J connectivity index is 4.02. The van der Waals surface area contributed by atoms with Crippen LogP contribution in [-0.4, -0.2) is 46.7 Å². The van der Waals surface area contributed by atoms with Gasteiger partial charge in [0.2, 0.25) is 0 Å². The van der Waals surface area contributed by atoms with Crippen LogP contribution in [0.3, 0.4) is 0 Å². The molecule has 3 N–H and O–H groups in total. The number of allylic oxidation sites excluding steroid dienone is 4. The third kappa shape index (κ3) is 14.5. The molecule has 0 aliphatic carbocycles. The smallest absolute Gasteiger partial charge is 0.305 e. The number of ether oxygens (including phenoxy) is 1. The first-order chi connectivity index (χ1) is 12.5. The van der Waals surface area contributed by atoms with E-state index >= 15 is 0 Å². The van der Waals surface area contributed by atoms with Gasteiger partial charge in [0.1, 0.15) is 0 Å². The third-order valence-corrected chi connectivity index (χ3v) is 3.69. The average Bonchev–Trinajstić information content (AvgIpc) is 2.63. The number of aliphatic hydroxyl groups is 3. The number of unbranched alkanes of at least 4 members (excludes halogenated alkanes) is 2. The summed E-state index contributed by atoms with van der Waals surface area (Å²) in [6.07, 6.45) is 12.3. The van der Waals surface area contributed by atoms with Gasteiger partial charge in [0, 0.05) is 6.42 Å². The molecule has 0 radical (unpaired) electrons. The first-order valence-corrected chi connectivity index (χ1v) is 9.13. The Hall–Kier alpha value is -1.87. The van der Waals surface area contributed by atoms with E-state index in [4.69, 9.17) is 0 Å². The second-order valence-electron chi connectivity index (χ2n) is 5.98. The Bertz CT molecular complexity index is 510. The van der Waals surface area contributed by atoms with E-state index in [1.165, 1.54) is 13.2 Å². The zero-order valence-corrected chi connectivity index (χ0v) is 15.8. The molecule has 0 bridgehead atoms. The van der Waals surface area contributed by atoms with Crippen LogP contribution in [0.15, 0.2) is 36.5 Å². The van der Waals surface area contributed by atoms with E-state index in [9.17, 15) is 20.1 Å². The predicted molar refractivity (Wildman–Crippen MR) is 103 cm³/mol. The molecule has 0 aliphatic rings. The van der Waals surface area contributed by atoms with E-state index in [1.54, 1.807) is 30.4 Å². The van der Waals surface area contributed by atoms with Gasteiger partial charge in [-0.3, -0.25) is 4.79 Å². The molecule has 5 heteroatoms. The van der Waals surface area contributed by atoms with E-state index in [2.05, 4.69) is 23.5 Å². The van der Waals surface area contributed by atoms with Gasteiger partial charge in [-0.1, -0.05) is 56.3 Å². The van der Waals surface area contributed by atoms with Crippen molar-refractivity contribution in [3.05, 3.63) is 36.5 Å². The fourth-order valence-electron chi connectivity index (χ4n) is 2.09. The lowest BCUT2D eigenvalue weighted by Gasteiger charge is -2.13. The Morgan fingerprint density at radius 3 is 2.42 bits per heavy atom. The number of hydrogen-bond donors (Lipinski definition) is 3. The van der Waals surface area contributed by atoms with Crippen molar-refractivity contribution < 1.29 is 24.9 Å². The first kappa shape index (κ1) is 24.1. The highest BCUT2D eigenvalue weighted by Gasteiger charge is 2.11. The summed E-state index contributed by atoms with van der Waals surface area (Å²) in [6, 6.07) is 0. The molecule has 3 atom stereocenters. The molecule has 0 saturated heterocycles. The second-order valence-corrected chi connectivity index (χ2v) is 5.98. The number of methoxy groups -OCH3 is 1. The fraction of sp³-hybridized carbons (Fsp3) is 0.571. The fourth-order valence-corrected chi connectivity index (χ4v) is 2.09. The number of aliphatic hydroxyl groups excluding tert-OH is 3. The van der Waals surface area contributed by atoms with Gasteiger partial charge in [-0.05, 0) is 37.5 Å². The number of carbonyl (C=O) groups is 1. The number of esters is 1. The van der Waals surface area contributed by atoms with Gasteiger partial charge in [-0.25, -0.2) is 0 Å². The molecule has 5 nitrogen and oxygen atoms in total. The van der Waals surface area contributed by atoms with Gasteiger partial charge in [0.15, 0.2) is 0 Å². The first-order valence-electron chi connectivity index (χ1n) is 9.13. The molecule has 0 aromatic rings. The number of carbonyl (C=O) groups excluding carboxylic acids is 1. The van der Waals surface area contributed by atoms with Crippen LogP contribution in [0, 0.1) is 11.8 Å². The van der Waals surface area contributed by atoms with Gasteiger partial charge in [-0.2, -0.15) is 0 Å². The van der Waals surface area contributed by atoms with E-state index in [0.717, 1.165) is 19.3 Å². The van der Waals surface area contributed by atoms with E-state index in [1.807, 2.05) is 0 Å². The molecule has 146 valence electrons. The summed E-state index contributed by atoms with van der Waals surface area (Å²) in [4.78, 5) is 10.9. The molecule has 0 heterocycles. The summed E-state index contributed by atoms with van der Waals surface area (Å²) < 4.78 is 4.52. The second kappa shape index (κ2) is 16.6. The minimum atomic E-state index is -0.871. The largest absolute Gasteiger partial charge is 0.469 e. The van der Waals surface area contributed by atoms with Gasteiger partial charge in [0.25, 0.3) is 0 Å². The molecule has 26 heavy (non-hydrogen) atoms. The maximum atomic E-state index is 10.9. The van der Waals surface area contributed by atoms with Crippen LogP contribution in [-0.2, 0) is 9.53 Å². The molecule has 0 unspecified atom stereocenters. The van der Waals surface area contributed by atoms with Crippen molar-refractivity contribution in [1.29, 1.82) is 0 Å². The highest BCUT2D eigenvalue weighted by Crippen LogP contribution is 2.07. The zero-order valence-electron chi connectivity index (χ0n) is 15.8. The van der Waals surface area contributed by atoms with Gasteiger partial charge in [-0.15, -0.1) is 0 Å². The Morgan fingerprint density at radius 2 is 1.73 bits per heavy atom. The summed E-state index contributed by atoms with van der Waals surface area (Å²) in [5.74, 6) is 5.25. The van der Waals surface area contributed by atoms with Crippen LogP contribution in [0.5, 0.6) is 0 Å². The summed E-state index contributed by atoms with van der Waals surface area (Å²) >= 11 is 0. The van der Waals surface area contributed by atoms with Crippen LogP contribution in [0.4, 0.5) is 0 Å². The third-order valence-electron chi connectivity index (χ3n) is 3.69. The van der Waals surface area contributed by atoms with E-state index < -0.39 is 18.3 Å². The summed E-state index contributed by atoms with van der Waals surface area (Å²) in [5.41, 5.74) is 0. The lowest BCUT2D eigenvalue weighted by Crippen LogP contribution is -2.23. The molecular formula is C21H32O5. The normalized spacial score (nSPS) is 15.1. The molecule has 0 amide bonds. The average molecular weight is 364 g/mol. The topological polar surface area (TPSA) is 87.0 Å². The van der Waals surface area contributed by atoms with Crippen LogP contribution >= 0.6 is 0 Å². The number of rotatable bonds is 12. The minimum Gasteiger partial charge on any atom is -0.469 e. The monoisotopic (exact) mass is 364 g/mol.